The number of ether oxygens (including phenoxy) is 2. The lowest BCUT2D eigenvalue weighted by atomic mass is 10.1. The van der Waals surface area contributed by atoms with Gasteiger partial charge in [0.25, 0.3) is 5.69 Å². The van der Waals surface area contributed by atoms with E-state index in [9.17, 15) is 14.9 Å². The van der Waals surface area contributed by atoms with Crippen LogP contribution >= 0.6 is 0 Å². The summed E-state index contributed by atoms with van der Waals surface area (Å²) in [6.07, 6.45) is 1.44. The average Bonchev–Trinajstić information content (AvgIpc) is 2.85. The summed E-state index contributed by atoms with van der Waals surface area (Å²) >= 11 is 0. The first kappa shape index (κ1) is 22.5. The van der Waals surface area contributed by atoms with Crippen molar-refractivity contribution in [1.29, 1.82) is 0 Å². The third-order valence-electron chi connectivity index (χ3n) is 5.43. The molecule has 2 aromatic rings. The number of nitrogens with zero attached hydrogens (tertiary/aromatic N) is 4. The molecule has 2 N–H and O–H groups in total. The van der Waals surface area contributed by atoms with Crippen molar-refractivity contribution in [3.05, 3.63) is 58.1 Å². The number of carbonyl (C=O) groups excluding carboxylic acids is 1. The number of carbonyl (C=O) groups is 1. The van der Waals surface area contributed by atoms with Crippen LogP contribution in [0.1, 0.15) is 5.56 Å². The molecule has 0 saturated carbocycles. The van der Waals surface area contributed by atoms with Crippen LogP contribution in [-0.4, -0.2) is 69.8 Å². The monoisotopic (exact) mass is 454 g/mol. The lowest BCUT2D eigenvalue weighted by Gasteiger charge is -2.33. The molecule has 174 valence electrons. The van der Waals surface area contributed by atoms with E-state index in [0.717, 1.165) is 5.69 Å². The van der Waals surface area contributed by atoms with Gasteiger partial charge in [0, 0.05) is 49.2 Å². The number of urea groups is 1. The normalized spacial score (nSPS) is 16.6. The van der Waals surface area contributed by atoms with Crippen molar-refractivity contribution in [2.45, 2.75) is 0 Å². The highest BCUT2D eigenvalue weighted by Gasteiger charge is 2.26. The van der Waals surface area contributed by atoms with Gasteiger partial charge in [-0.2, -0.15) is 5.10 Å². The zero-order valence-electron chi connectivity index (χ0n) is 18.1. The van der Waals surface area contributed by atoms with Gasteiger partial charge >= 0.3 is 6.03 Å². The summed E-state index contributed by atoms with van der Waals surface area (Å²) in [5, 5.41) is 18.6. The van der Waals surface area contributed by atoms with Crippen LogP contribution < -0.4 is 20.5 Å². The second-order valence-electron chi connectivity index (χ2n) is 7.55. The van der Waals surface area contributed by atoms with Gasteiger partial charge in [0.15, 0.2) is 0 Å². The summed E-state index contributed by atoms with van der Waals surface area (Å²) in [5.74, 6) is 0. The molecule has 0 radical (unpaired) electrons. The third-order valence-corrected chi connectivity index (χ3v) is 5.43. The zero-order valence-corrected chi connectivity index (χ0v) is 18.1. The van der Waals surface area contributed by atoms with E-state index in [1.54, 1.807) is 12.1 Å². The Balaban J connectivity index is 1.60. The van der Waals surface area contributed by atoms with Crippen molar-refractivity contribution >= 4 is 35.0 Å². The number of hydrogen-bond donors (Lipinski definition) is 2. The Morgan fingerprint density at radius 2 is 1.58 bits per heavy atom. The number of rotatable bonds is 6. The van der Waals surface area contributed by atoms with Crippen LogP contribution in [0.5, 0.6) is 0 Å². The second kappa shape index (κ2) is 10.7. The van der Waals surface area contributed by atoms with Gasteiger partial charge in [-0.1, -0.05) is 18.2 Å². The molecular formula is C22H26N6O5. The molecule has 2 saturated heterocycles. The predicted octanol–water partition coefficient (Wildman–Crippen LogP) is 2.42. The molecule has 2 aliphatic rings. The topological polar surface area (TPSA) is 122 Å². The van der Waals surface area contributed by atoms with E-state index in [-0.39, 0.29) is 10.6 Å². The van der Waals surface area contributed by atoms with Crippen molar-refractivity contribution in [2.75, 3.05) is 67.7 Å². The van der Waals surface area contributed by atoms with Crippen LogP contribution in [-0.2, 0) is 9.47 Å². The maximum Gasteiger partial charge on any atom is 0.339 e. The Kier molecular flexibility index (Phi) is 7.33. The van der Waals surface area contributed by atoms with Crippen LogP contribution in [0.3, 0.4) is 0 Å². The molecule has 33 heavy (non-hydrogen) atoms. The molecule has 2 aromatic carbocycles. The molecule has 4 rings (SSSR count). The summed E-state index contributed by atoms with van der Waals surface area (Å²) < 4.78 is 10.9. The van der Waals surface area contributed by atoms with Gasteiger partial charge in [-0.15, -0.1) is 0 Å². The molecule has 2 amide bonds. The lowest BCUT2D eigenvalue weighted by molar-refractivity contribution is -0.384. The summed E-state index contributed by atoms with van der Waals surface area (Å²) in [5.41, 5.74) is 4.93. The van der Waals surface area contributed by atoms with Crippen LogP contribution in [0.15, 0.2) is 47.6 Å². The molecule has 0 aliphatic carbocycles. The quantitative estimate of drug-likeness (QED) is 0.391. The van der Waals surface area contributed by atoms with Crippen LogP contribution in [0.2, 0.25) is 0 Å². The SMILES string of the molecule is O=C(N/N=C/c1cc([N+](=O)[O-])c(N2CCOCC2)cc1N1CCOCC1)Nc1ccccc1. The third kappa shape index (κ3) is 5.76. The molecule has 2 heterocycles. The maximum absolute atomic E-state index is 12.1. The summed E-state index contributed by atoms with van der Waals surface area (Å²) in [4.78, 5) is 27.7. The molecule has 0 unspecified atom stereocenters. The first-order chi connectivity index (χ1) is 16.1. The molecule has 11 heteroatoms. The lowest BCUT2D eigenvalue weighted by Crippen LogP contribution is -2.38. The summed E-state index contributed by atoms with van der Waals surface area (Å²) in [7, 11) is 0. The van der Waals surface area contributed by atoms with E-state index in [1.165, 1.54) is 12.3 Å². The van der Waals surface area contributed by atoms with E-state index < -0.39 is 6.03 Å². The van der Waals surface area contributed by atoms with E-state index in [4.69, 9.17) is 9.47 Å². The average molecular weight is 454 g/mol. The fourth-order valence-corrected chi connectivity index (χ4v) is 3.81. The van der Waals surface area contributed by atoms with Gasteiger partial charge in [-0.3, -0.25) is 10.1 Å². The number of amides is 2. The van der Waals surface area contributed by atoms with Crippen molar-refractivity contribution < 1.29 is 19.2 Å². The number of hydrogen-bond acceptors (Lipinski definition) is 8. The Bertz CT molecular complexity index is 1000. The van der Waals surface area contributed by atoms with Crippen molar-refractivity contribution in [3.8, 4) is 0 Å². The largest absolute Gasteiger partial charge is 0.378 e. The molecule has 2 fully saturated rings. The molecule has 0 spiro atoms. The van der Waals surface area contributed by atoms with Gasteiger partial charge in [0.1, 0.15) is 5.69 Å². The fourth-order valence-electron chi connectivity index (χ4n) is 3.81. The highest BCUT2D eigenvalue weighted by Crippen LogP contribution is 2.36. The van der Waals surface area contributed by atoms with Gasteiger partial charge in [0.05, 0.1) is 37.6 Å². The number of nitrogens with one attached hydrogen (secondary N) is 2. The van der Waals surface area contributed by atoms with E-state index >= 15 is 0 Å². The minimum absolute atomic E-state index is 0.0101. The standard InChI is InChI=1S/C22H26N6O5/c29-22(24-18-4-2-1-3-5-18)25-23-16-17-14-21(28(30)31)20(27-8-12-33-13-9-27)15-19(17)26-6-10-32-11-7-26/h1-5,14-16H,6-13H2,(H2,24,25,29)/b23-16+. The van der Waals surface area contributed by atoms with Gasteiger partial charge in [-0.25, -0.2) is 10.2 Å². The minimum atomic E-state index is -0.509. The number of benzene rings is 2. The summed E-state index contributed by atoms with van der Waals surface area (Å²) in [6.45, 7) is 4.65. The van der Waals surface area contributed by atoms with Crippen LogP contribution in [0.4, 0.5) is 27.5 Å². The molecule has 0 bridgehead atoms. The molecule has 0 atom stereocenters. The highest BCUT2D eigenvalue weighted by atomic mass is 16.6. The second-order valence-corrected chi connectivity index (χ2v) is 7.55. The highest BCUT2D eigenvalue weighted by molar-refractivity contribution is 5.94. The van der Waals surface area contributed by atoms with Gasteiger partial charge in [-0.05, 0) is 18.2 Å². The minimum Gasteiger partial charge on any atom is -0.378 e. The Labute approximate surface area is 191 Å². The number of para-hydroxylation sites is 1. The van der Waals surface area contributed by atoms with Gasteiger partial charge in [0.2, 0.25) is 0 Å². The van der Waals surface area contributed by atoms with E-state index in [2.05, 4.69) is 20.7 Å². The van der Waals surface area contributed by atoms with E-state index in [0.29, 0.717) is 69.5 Å². The molecule has 0 aromatic heterocycles. The fraction of sp³-hybridized carbons (Fsp3) is 0.364. The number of anilines is 3. The van der Waals surface area contributed by atoms with Gasteiger partial charge < -0.3 is 24.6 Å². The first-order valence-corrected chi connectivity index (χ1v) is 10.7. The molecule has 2 aliphatic heterocycles. The Morgan fingerprint density at radius 3 is 2.18 bits per heavy atom. The Hall–Kier alpha value is -3.70. The maximum atomic E-state index is 12.1. The Morgan fingerprint density at radius 1 is 0.970 bits per heavy atom. The number of hydrazone groups is 1. The number of nitro benzene ring substituents is 1. The van der Waals surface area contributed by atoms with E-state index in [1.807, 2.05) is 29.2 Å². The molecular weight excluding hydrogens is 428 g/mol. The smallest absolute Gasteiger partial charge is 0.339 e. The first-order valence-electron chi connectivity index (χ1n) is 10.7. The van der Waals surface area contributed by atoms with Crippen LogP contribution in [0.25, 0.3) is 0 Å². The predicted molar refractivity (Wildman–Crippen MR) is 125 cm³/mol. The van der Waals surface area contributed by atoms with Crippen LogP contribution in [0, 0.1) is 10.1 Å². The summed E-state index contributed by atoms with van der Waals surface area (Å²) in [6, 6.07) is 11.8. The van der Waals surface area contributed by atoms with Crippen molar-refractivity contribution in [1.82, 2.24) is 5.43 Å². The molecule has 11 nitrogen and oxygen atoms in total. The van der Waals surface area contributed by atoms with Crippen molar-refractivity contribution in [2.24, 2.45) is 5.10 Å². The number of morpholine rings is 2. The zero-order chi connectivity index (χ0) is 23.0. The number of nitro groups is 1. The van der Waals surface area contributed by atoms with Crippen molar-refractivity contribution in [3.63, 3.8) is 0 Å².